The zero-order valence-electron chi connectivity index (χ0n) is 11.9. The van der Waals surface area contributed by atoms with E-state index in [4.69, 9.17) is 13.9 Å². The largest absolute Gasteiger partial charge is 0.455 e. The Hall–Kier alpha value is -2.20. The highest BCUT2D eigenvalue weighted by molar-refractivity contribution is 9.10. The number of benzene rings is 2. The lowest BCUT2D eigenvalue weighted by atomic mass is 10.1. The first-order valence-electron chi connectivity index (χ1n) is 7.01. The van der Waals surface area contributed by atoms with Gasteiger partial charge < -0.3 is 13.9 Å². The quantitative estimate of drug-likeness (QED) is 0.596. The highest BCUT2D eigenvalue weighted by Gasteiger charge is 2.18. The summed E-state index contributed by atoms with van der Waals surface area (Å²) < 4.78 is 17.7. The zero-order chi connectivity index (χ0) is 15.1. The van der Waals surface area contributed by atoms with Crippen LogP contribution in [0.1, 0.15) is 12.5 Å². The number of allylic oxidation sites excluding steroid dienone is 1. The molecule has 1 aliphatic rings. The second-order valence-corrected chi connectivity index (χ2v) is 5.86. The number of rotatable bonds is 2. The molecule has 0 spiro atoms. The van der Waals surface area contributed by atoms with Gasteiger partial charge in [0.05, 0.1) is 4.47 Å². The van der Waals surface area contributed by atoms with Gasteiger partial charge in [0.15, 0.2) is 11.5 Å². The van der Waals surface area contributed by atoms with Crippen LogP contribution in [0.3, 0.4) is 0 Å². The first-order chi connectivity index (χ1) is 10.8. The van der Waals surface area contributed by atoms with E-state index >= 15 is 0 Å². The van der Waals surface area contributed by atoms with Crippen LogP contribution >= 0.6 is 15.9 Å². The van der Waals surface area contributed by atoms with Crippen LogP contribution in [0.5, 0.6) is 11.5 Å². The third-order valence-corrected chi connectivity index (χ3v) is 4.43. The van der Waals surface area contributed by atoms with E-state index in [0.29, 0.717) is 0 Å². The summed E-state index contributed by atoms with van der Waals surface area (Å²) >= 11 is 3.66. The van der Waals surface area contributed by atoms with E-state index in [1.807, 2.05) is 43.3 Å². The van der Waals surface area contributed by atoms with Crippen molar-refractivity contribution in [1.82, 2.24) is 0 Å². The van der Waals surface area contributed by atoms with E-state index in [9.17, 15) is 0 Å². The highest BCUT2D eigenvalue weighted by Crippen LogP contribution is 2.42. The number of ether oxygens (including phenoxy) is 2. The molecule has 3 nitrogen and oxygen atoms in total. The third-order valence-electron chi connectivity index (χ3n) is 3.65. The van der Waals surface area contributed by atoms with Crippen molar-refractivity contribution >= 4 is 33.0 Å². The van der Waals surface area contributed by atoms with Crippen molar-refractivity contribution in [3.8, 4) is 22.8 Å². The number of furan rings is 1. The molecule has 0 radical (unpaired) electrons. The summed E-state index contributed by atoms with van der Waals surface area (Å²) in [5.41, 5.74) is 2.96. The maximum absolute atomic E-state index is 6.01. The maximum Gasteiger partial charge on any atom is 0.231 e. The molecule has 0 fully saturated rings. The smallest absolute Gasteiger partial charge is 0.231 e. The van der Waals surface area contributed by atoms with E-state index in [0.717, 1.165) is 43.8 Å². The molecule has 0 saturated carbocycles. The van der Waals surface area contributed by atoms with E-state index in [1.165, 1.54) is 0 Å². The molecule has 0 atom stereocenters. The molecule has 2 aromatic carbocycles. The Morgan fingerprint density at radius 2 is 1.91 bits per heavy atom. The van der Waals surface area contributed by atoms with Crippen LogP contribution in [0, 0.1) is 0 Å². The molecule has 1 aliphatic heterocycles. The number of fused-ring (bicyclic) bond motifs is 2. The van der Waals surface area contributed by atoms with Gasteiger partial charge in [0.25, 0.3) is 0 Å². The van der Waals surface area contributed by atoms with Crippen LogP contribution in [0.4, 0.5) is 0 Å². The molecule has 3 aromatic rings. The predicted octanol–water partition coefficient (Wildman–Crippen LogP) is 5.62. The lowest BCUT2D eigenvalue weighted by Gasteiger charge is -2.00. The highest BCUT2D eigenvalue weighted by atomic mass is 79.9. The molecule has 0 N–H and O–H groups in total. The second kappa shape index (κ2) is 5.21. The average Bonchev–Trinajstić information content (AvgIpc) is 3.12. The summed E-state index contributed by atoms with van der Waals surface area (Å²) in [5, 5.41) is 1.06. The fourth-order valence-corrected chi connectivity index (χ4v) is 3.22. The molecule has 0 aliphatic carbocycles. The molecule has 2 heterocycles. The standard InChI is InChI=1S/C18H13BrO3/c1-2-3-11-4-6-14-13(8-11)17(19)18(22-14)12-5-7-15-16(9-12)21-10-20-15/h2-9H,10H2,1H3/b3-2+. The Balaban J connectivity index is 1.86. The summed E-state index contributed by atoms with van der Waals surface area (Å²) in [7, 11) is 0. The molecule has 4 rings (SSSR count). The van der Waals surface area contributed by atoms with Gasteiger partial charge in [0.1, 0.15) is 11.3 Å². The molecule has 0 unspecified atom stereocenters. The minimum atomic E-state index is 0.271. The topological polar surface area (TPSA) is 31.6 Å². The van der Waals surface area contributed by atoms with E-state index in [-0.39, 0.29) is 6.79 Å². The van der Waals surface area contributed by atoms with Gasteiger partial charge in [0.2, 0.25) is 6.79 Å². The summed E-state index contributed by atoms with van der Waals surface area (Å²) in [6.07, 6.45) is 4.09. The Kier molecular flexibility index (Phi) is 3.19. The van der Waals surface area contributed by atoms with Gasteiger partial charge in [-0.15, -0.1) is 0 Å². The molecule has 0 bridgehead atoms. The van der Waals surface area contributed by atoms with Gasteiger partial charge in [-0.1, -0.05) is 18.2 Å². The maximum atomic E-state index is 6.01. The monoisotopic (exact) mass is 356 g/mol. The van der Waals surface area contributed by atoms with Crippen molar-refractivity contribution in [2.45, 2.75) is 6.92 Å². The van der Waals surface area contributed by atoms with Crippen molar-refractivity contribution in [2.75, 3.05) is 6.79 Å². The number of hydrogen-bond donors (Lipinski definition) is 0. The Morgan fingerprint density at radius 1 is 1.05 bits per heavy atom. The van der Waals surface area contributed by atoms with Gasteiger partial charge in [-0.2, -0.15) is 0 Å². The molecule has 1 aromatic heterocycles. The first kappa shape index (κ1) is 13.5. The molecule has 22 heavy (non-hydrogen) atoms. The van der Waals surface area contributed by atoms with E-state index in [2.05, 4.69) is 28.1 Å². The summed E-state index contributed by atoms with van der Waals surface area (Å²) in [5.74, 6) is 2.32. The fourth-order valence-electron chi connectivity index (χ4n) is 2.60. The van der Waals surface area contributed by atoms with Crippen LogP contribution in [0.15, 0.2) is 51.4 Å². The molecule has 0 saturated heterocycles. The van der Waals surface area contributed by atoms with Crippen molar-refractivity contribution in [1.29, 1.82) is 0 Å². The van der Waals surface area contributed by atoms with Crippen LogP contribution in [-0.4, -0.2) is 6.79 Å². The zero-order valence-corrected chi connectivity index (χ0v) is 13.5. The Bertz CT molecular complexity index is 893. The average molecular weight is 357 g/mol. The van der Waals surface area contributed by atoms with Crippen molar-refractivity contribution < 1.29 is 13.9 Å². The third kappa shape index (κ3) is 2.11. The van der Waals surface area contributed by atoms with Crippen LogP contribution < -0.4 is 9.47 Å². The number of hydrogen-bond acceptors (Lipinski definition) is 3. The first-order valence-corrected chi connectivity index (χ1v) is 7.80. The van der Waals surface area contributed by atoms with E-state index in [1.54, 1.807) is 0 Å². The van der Waals surface area contributed by atoms with E-state index < -0.39 is 0 Å². The van der Waals surface area contributed by atoms with Crippen molar-refractivity contribution in [3.63, 3.8) is 0 Å². The fraction of sp³-hybridized carbons (Fsp3) is 0.111. The minimum absolute atomic E-state index is 0.271. The van der Waals surface area contributed by atoms with Crippen molar-refractivity contribution in [3.05, 3.63) is 52.5 Å². The number of halogens is 1. The molecular formula is C18H13BrO3. The lowest BCUT2D eigenvalue weighted by molar-refractivity contribution is 0.174. The normalized spacial score (nSPS) is 13.4. The summed E-state index contributed by atoms with van der Waals surface area (Å²) in [6.45, 7) is 2.28. The van der Waals surface area contributed by atoms with Crippen LogP contribution in [0.2, 0.25) is 0 Å². The van der Waals surface area contributed by atoms with Gasteiger partial charge in [-0.25, -0.2) is 0 Å². The minimum Gasteiger partial charge on any atom is -0.455 e. The van der Waals surface area contributed by atoms with Crippen molar-refractivity contribution in [2.24, 2.45) is 0 Å². The summed E-state index contributed by atoms with van der Waals surface area (Å²) in [6, 6.07) is 12.0. The molecule has 110 valence electrons. The second-order valence-electron chi connectivity index (χ2n) is 5.07. The molecular weight excluding hydrogens is 344 g/mol. The predicted molar refractivity (Wildman–Crippen MR) is 90.2 cm³/mol. The Labute approximate surface area is 136 Å². The Morgan fingerprint density at radius 3 is 2.77 bits per heavy atom. The van der Waals surface area contributed by atoms with Gasteiger partial charge in [0, 0.05) is 10.9 Å². The van der Waals surface area contributed by atoms with Gasteiger partial charge in [-0.05, 0) is 58.7 Å². The van der Waals surface area contributed by atoms with Crippen LogP contribution in [-0.2, 0) is 0 Å². The molecule has 4 heteroatoms. The van der Waals surface area contributed by atoms with Gasteiger partial charge in [-0.3, -0.25) is 0 Å². The lowest BCUT2D eigenvalue weighted by Crippen LogP contribution is -1.92. The summed E-state index contributed by atoms with van der Waals surface area (Å²) in [4.78, 5) is 0. The van der Waals surface area contributed by atoms with Crippen LogP contribution in [0.25, 0.3) is 28.4 Å². The SMILES string of the molecule is C/C=C/c1ccc2oc(-c3ccc4c(c3)OCO4)c(Br)c2c1. The molecule has 0 amide bonds. The van der Waals surface area contributed by atoms with Gasteiger partial charge >= 0.3 is 0 Å².